The second kappa shape index (κ2) is 6.95. The monoisotopic (exact) mass is 475 g/mol. The molecule has 1 fully saturated rings. The molecular formula is C17H17BrClF2N5S. The summed E-state index contributed by atoms with van der Waals surface area (Å²) in [7, 11) is 0. The van der Waals surface area contributed by atoms with E-state index >= 15 is 0 Å². The minimum Gasteiger partial charge on any atom is -0.363 e. The van der Waals surface area contributed by atoms with Gasteiger partial charge in [-0.1, -0.05) is 6.07 Å². The first kappa shape index (κ1) is 19.0. The Balaban J connectivity index is 1.80. The first-order chi connectivity index (χ1) is 12.8. The first-order valence-electron chi connectivity index (χ1n) is 8.41. The number of aromatic nitrogens is 3. The number of hydrogen-bond acceptors (Lipinski definition) is 5. The van der Waals surface area contributed by atoms with Crippen molar-refractivity contribution in [1.82, 2.24) is 14.6 Å². The summed E-state index contributed by atoms with van der Waals surface area (Å²) in [5, 5.41) is 9.61. The lowest BCUT2D eigenvalue weighted by molar-refractivity contribution is 0.00667. The van der Waals surface area contributed by atoms with E-state index < -0.39 is 17.9 Å². The zero-order chi connectivity index (χ0) is 19.3. The van der Waals surface area contributed by atoms with Gasteiger partial charge < -0.3 is 11.1 Å². The van der Waals surface area contributed by atoms with Crippen molar-refractivity contribution >= 4 is 50.2 Å². The standard InChI is InChI=1S/C17H17BrClF2N5S/c1-8-12(10-5-17(20,21)6-11(10)22)14(18)26-13(8)15(24-16(19)25-26)23-7-9-3-2-4-27-9/h2-4,10-11H,5-7,22H2,1H3,(H,23,24,25)/t10-,11-/m0/s1. The Morgan fingerprint density at radius 3 is 2.89 bits per heavy atom. The van der Waals surface area contributed by atoms with Gasteiger partial charge in [-0.2, -0.15) is 4.98 Å². The molecule has 0 saturated heterocycles. The van der Waals surface area contributed by atoms with Crippen molar-refractivity contribution in [2.45, 2.75) is 44.2 Å². The molecule has 0 radical (unpaired) electrons. The van der Waals surface area contributed by atoms with Gasteiger partial charge in [0.1, 0.15) is 10.1 Å². The number of anilines is 1. The highest BCUT2D eigenvalue weighted by Crippen LogP contribution is 2.48. The summed E-state index contributed by atoms with van der Waals surface area (Å²) in [5.74, 6) is -2.65. The largest absolute Gasteiger partial charge is 0.363 e. The fourth-order valence-corrected chi connectivity index (χ4v) is 5.43. The van der Waals surface area contributed by atoms with E-state index in [2.05, 4.69) is 31.3 Å². The predicted molar refractivity (Wildman–Crippen MR) is 107 cm³/mol. The average molecular weight is 477 g/mol. The van der Waals surface area contributed by atoms with E-state index in [1.807, 2.05) is 24.4 Å². The van der Waals surface area contributed by atoms with E-state index in [0.29, 0.717) is 22.5 Å². The topological polar surface area (TPSA) is 68.2 Å². The van der Waals surface area contributed by atoms with Crippen molar-refractivity contribution in [3.63, 3.8) is 0 Å². The van der Waals surface area contributed by atoms with Gasteiger partial charge >= 0.3 is 0 Å². The fourth-order valence-electron chi connectivity index (χ4n) is 3.77. The maximum Gasteiger partial charge on any atom is 0.250 e. The van der Waals surface area contributed by atoms with Crippen molar-refractivity contribution in [2.75, 3.05) is 5.32 Å². The summed E-state index contributed by atoms with van der Waals surface area (Å²) < 4.78 is 30.0. The highest BCUT2D eigenvalue weighted by atomic mass is 79.9. The summed E-state index contributed by atoms with van der Waals surface area (Å²) >= 11 is 11.3. The Labute approximate surface area is 172 Å². The number of hydrogen-bond donors (Lipinski definition) is 2. The van der Waals surface area contributed by atoms with Gasteiger partial charge in [-0.3, -0.25) is 0 Å². The number of nitrogens with one attached hydrogen (secondary N) is 1. The molecule has 0 spiro atoms. The summed E-state index contributed by atoms with van der Waals surface area (Å²) in [6, 6.07) is 3.38. The van der Waals surface area contributed by atoms with Crippen LogP contribution in [-0.4, -0.2) is 26.6 Å². The number of fused-ring (bicyclic) bond motifs is 1. The molecule has 144 valence electrons. The third-order valence-corrected chi connectivity index (χ3v) is 6.74. The number of thiophene rings is 1. The minimum atomic E-state index is -2.76. The van der Waals surface area contributed by atoms with E-state index in [4.69, 9.17) is 17.3 Å². The number of aryl methyl sites for hydroxylation is 1. The van der Waals surface area contributed by atoms with Gasteiger partial charge in [0.25, 0.3) is 0 Å². The third kappa shape index (κ3) is 3.46. The maximum absolute atomic E-state index is 13.9. The van der Waals surface area contributed by atoms with Crippen LogP contribution < -0.4 is 11.1 Å². The molecule has 5 nitrogen and oxygen atoms in total. The number of nitrogens with two attached hydrogens (primary N) is 1. The van der Waals surface area contributed by atoms with Crippen LogP contribution >= 0.6 is 38.9 Å². The minimum absolute atomic E-state index is 0.0690. The Kier molecular flexibility index (Phi) is 4.90. The molecule has 3 aromatic heterocycles. The van der Waals surface area contributed by atoms with Crippen molar-refractivity contribution in [3.05, 3.63) is 43.4 Å². The van der Waals surface area contributed by atoms with E-state index in [9.17, 15) is 8.78 Å². The highest BCUT2D eigenvalue weighted by Gasteiger charge is 2.47. The van der Waals surface area contributed by atoms with Gasteiger partial charge in [0.05, 0.1) is 6.54 Å². The molecule has 27 heavy (non-hydrogen) atoms. The van der Waals surface area contributed by atoms with Crippen LogP contribution in [0.3, 0.4) is 0 Å². The second-order valence-corrected chi connectivity index (χ2v) is 8.91. The maximum atomic E-state index is 13.9. The van der Waals surface area contributed by atoms with Crippen LogP contribution in [0.25, 0.3) is 5.52 Å². The molecular weight excluding hydrogens is 460 g/mol. The van der Waals surface area contributed by atoms with Crippen LogP contribution in [0.5, 0.6) is 0 Å². The van der Waals surface area contributed by atoms with Crippen molar-refractivity contribution in [3.8, 4) is 0 Å². The van der Waals surface area contributed by atoms with Gasteiger partial charge in [0.15, 0.2) is 5.82 Å². The third-order valence-electron chi connectivity index (χ3n) is 4.94. The van der Waals surface area contributed by atoms with Gasteiger partial charge in [0.2, 0.25) is 11.2 Å². The molecule has 0 amide bonds. The van der Waals surface area contributed by atoms with Crippen LogP contribution in [0.15, 0.2) is 22.1 Å². The summed E-state index contributed by atoms with van der Waals surface area (Å²) in [5.41, 5.74) is 8.33. The molecule has 0 unspecified atom stereocenters. The summed E-state index contributed by atoms with van der Waals surface area (Å²) in [6.45, 7) is 2.46. The molecule has 1 saturated carbocycles. The Bertz CT molecular complexity index is 991. The van der Waals surface area contributed by atoms with Gasteiger partial charge in [0, 0.05) is 29.7 Å². The molecule has 4 rings (SSSR count). The van der Waals surface area contributed by atoms with Crippen molar-refractivity contribution < 1.29 is 8.78 Å². The van der Waals surface area contributed by atoms with Crippen LogP contribution in [0, 0.1) is 6.92 Å². The van der Waals surface area contributed by atoms with E-state index in [0.717, 1.165) is 16.0 Å². The highest BCUT2D eigenvalue weighted by molar-refractivity contribution is 9.10. The number of nitrogens with zero attached hydrogens (tertiary/aromatic N) is 3. The van der Waals surface area contributed by atoms with Crippen molar-refractivity contribution in [2.24, 2.45) is 5.73 Å². The quantitative estimate of drug-likeness (QED) is 0.558. The van der Waals surface area contributed by atoms with Gasteiger partial charge in [-0.05, 0) is 57.0 Å². The molecule has 3 heterocycles. The lowest BCUT2D eigenvalue weighted by Gasteiger charge is -2.15. The molecule has 3 aromatic rings. The van der Waals surface area contributed by atoms with Gasteiger partial charge in [-0.15, -0.1) is 16.4 Å². The molecule has 2 atom stereocenters. The second-order valence-electron chi connectivity index (χ2n) is 6.79. The lowest BCUT2D eigenvalue weighted by atomic mass is 9.93. The average Bonchev–Trinajstić information content (AvgIpc) is 3.25. The van der Waals surface area contributed by atoms with E-state index in [1.165, 1.54) is 0 Å². The zero-order valence-electron chi connectivity index (χ0n) is 14.3. The normalized spacial score (nSPS) is 21.9. The zero-order valence-corrected chi connectivity index (χ0v) is 17.5. The van der Waals surface area contributed by atoms with E-state index in [1.54, 1.807) is 15.9 Å². The molecule has 0 bridgehead atoms. The molecule has 0 aromatic carbocycles. The number of alkyl halides is 2. The Morgan fingerprint density at radius 1 is 1.48 bits per heavy atom. The molecule has 1 aliphatic rings. The van der Waals surface area contributed by atoms with Crippen LogP contribution in [-0.2, 0) is 6.54 Å². The van der Waals surface area contributed by atoms with Crippen LogP contribution in [0.2, 0.25) is 5.28 Å². The van der Waals surface area contributed by atoms with Gasteiger partial charge in [-0.25, -0.2) is 13.3 Å². The predicted octanol–water partition coefficient (Wildman–Crippen LogP) is 4.97. The summed E-state index contributed by atoms with van der Waals surface area (Å²) in [6.07, 6.45) is -0.588. The fraction of sp³-hybridized carbons (Fsp3) is 0.412. The Morgan fingerprint density at radius 2 is 2.26 bits per heavy atom. The van der Waals surface area contributed by atoms with E-state index in [-0.39, 0.29) is 18.1 Å². The summed E-state index contributed by atoms with van der Waals surface area (Å²) in [4.78, 5) is 5.46. The Hall–Kier alpha value is -1.29. The molecule has 0 aliphatic heterocycles. The number of rotatable bonds is 4. The number of halogens is 4. The SMILES string of the molecule is Cc1c([C@H]2CC(F)(F)C[C@@H]2N)c(Br)n2nc(Cl)nc(NCc3cccs3)c12. The molecule has 1 aliphatic carbocycles. The molecule has 10 heteroatoms. The molecule has 3 N–H and O–H groups in total. The first-order valence-corrected chi connectivity index (χ1v) is 10.5. The van der Waals surface area contributed by atoms with Crippen molar-refractivity contribution in [1.29, 1.82) is 0 Å². The van der Waals surface area contributed by atoms with Crippen LogP contribution in [0.1, 0.15) is 34.8 Å². The van der Waals surface area contributed by atoms with Crippen LogP contribution in [0.4, 0.5) is 14.6 Å². The lowest BCUT2D eigenvalue weighted by Crippen LogP contribution is -2.24. The smallest absolute Gasteiger partial charge is 0.250 e.